The van der Waals surface area contributed by atoms with Crippen molar-refractivity contribution in [2.75, 3.05) is 23.7 Å². The van der Waals surface area contributed by atoms with E-state index in [2.05, 4.69) is 44.3 Å². The Hall–Kier alpha value is -0.580. The van der Waals surface area contributed by atoms with Crippen LogP contribution < -0.4 is 3.93 Å². The summed E-state index contributed by atoms with van der Waals surface area (Å²) < 4.78 is 12.6. The molecule has 16 heavy (non-hydrogen) atoms. The number of rotatable bonds is 5. The third-order valence-electron chi connectivity index (χ3n) is 2.87. The Morgan fingerprint density at radius 3 is 2.56 bits per heavy atom. The summed E-state index contributed by atoms with van der Waals surface area (Å²) in [6.45, 7) is 2.70. The molecule has 86 valence electrons. The molecule has 2 aliphatic heterocycles. The molecular formula is C12H14BrNO2. The minimum atomic E-state index is 0.393. The Balaban J connectivity index is 1.74. The van der Waals surface area contributed by atoms with E-state index < -0.39 is 0 Å². The van der Waals surface area contributed by atoms with Crippen LogP contribution in [0.15, 0.2) is 24.3 Å². The number of benzene rings is 1. The molecule has 0 N–H and O–H groups in total. The van der Waals surface area contributed by atoms with Crippen molar-refractivity contribution in [1.29, 1.82) is 0 Å². The molecule has 0 spiro atoms. The molecule has 1 aromatic rings. The van der Waals surface area contributed by atoms with Crippen LogP contribution in [0.3, 0.4) is 0 Å². The van der Waals surface area contributed by atoms with Gasteiger partial charge in [0.25, 0.3) is 0 Å². The van der Waals surface area contributed by atoms with Crippen LogP contribution >= 0.6 is 16.1 Å². The quantitative estimate of drug-likeness (QED) is 0.612. The van der Waals surface area contributed by atoms with Crippen LogP contribution in [0.4, 0.5) is 5.69 Å². The van der Waals surface area contributed by atoms with Crippen LogP contribution in [-0.4, -0.2) is 32.0 Å². The molecule has 1 aromatic carbocycles. The van der Waals surface area contributed by atoms with E-state index in [0.717, 1.165) is 26.2 Å². The van der Waals surface area contributed by atoms with Crippen molar-refractivity contribution >= 4 is 21.8 Å². The van der Waals surface area contributed by atoms with Gasteiger partial charge in [-0.05, 0) is 11.6 Å². The summed E-state index contributed by atoms with van der Waals surface area (Å²) in [6, 6.07) is 8.44. The zero-order valence-corrected chi connectivity index (χ0v) is 10.5. The van der Waals surface area contributed by atoms with Gasteiger partial charge in [0.2, 0.25) is 0 Å². The molecule has 3 nitrogen and oxygen atoms in total. The highest BCUT2D eigenvalue weighted by Gasteiger charge is 2.27. The number of epoxide rings is 2. The van der Waals surface area contributed by atoms with E-state index in [4.69, 9.17) is 9.47 Å². The van der Waals surface area contributed by atoms with E-state index in [1.807, 2.05) is 0 Å². The van der Waals surface area contributed by atoms with Gasteiger partial charge >= 0.3 is 0 Å². The van der Waals surface area contributed by atoms with Gasteiger partial charge in [0.15, 0.2) is 0 Å². The zero-order chi connectivity index (χ0) is 11.0. The van der Waals surface area contributed by atoms with Gasteiger partial charge in [-0.1, -0.05) is 18.2 Å². The number of hydrogen-bond acceptors (Lipinski definition) is 3. The average molecular weight is 284 g/mol. The third kappa shape index (κ3) is 2.56. The number of anilines is 1. The molecule has 2 heterocycles. The zero-order valence-electron chi connectivity index (χ0n) is 8.93. The molecular weight excluding hydrogens is 270 g/mol. The highest BCUT2D eigenvalue weighted by atomic mass is 79.9. The first-order chi connectivity index (χ1) is 7.83. The highest BCUT2D eigenvalue weighted by Crippen LogP contribution is 2.29. The molecule has 0 amide bonds. The topological polar surface area (TPSA) is 28.3 Å². The normalized spacial score (nSPS) is 26.6. The summed E-state index contributed by atoms with van der Waals surface area (Å²) in [5, 5.41) is 0. The molecule has 2 saturated heterocycles. The lowest BCUT2D eigenvalue weighted by molar-refractivity contribution is 0.407. The summed E-state index contributed by atoms with van der Waals surface area (Å²) in [4.78, 5) is 0. The maximum absolute atomic E-state index is 5.28. The number of ether oxygens (including phenoxy) is 2. The molecule has 0 bridgehead atoms. The first-order valence-electron chi connectivity index (χ1n) is 5.57. The molecule has 2 atom stereocenters. The van der Waals surface area contributed by atoms with Gasteiger partial charge in [-0.3, -0.25) is 0 Å². The lowest BCUT2D eigenvalue weighted by Crippen LogP contribution is -2.17. The van der Waals surface area contributed by atoms with Gasteiger partial charge in [-0.15, -0.1) is 0 Å². The van der Waals surface area contributed by atoms with Crippen LogP contribution in [0.5, 0.6) is 0 Å². The van der Waals surface area contributed by atoms with Crippen molar-refractivity contribution in [3.05, 3.63) is 29.8 Å². The fourth-order valence-corrected chi connectivity index (χ4v) is 2.47. The van der Waals surface area contributed by atoms with E-state index in [-0.39, 0.29) is 0 Å². The average Bonchev–Trinajstić information content (AvgIpc) is 3.14. The Kier molecular flexibility index (Phi) is 2.88. The summed E-state index contributed by atoms with van der Waals surface area (Å²) in [7, 11) is 0. The summed E-state index contributed by atoms with van der Waals surface area (Å²) >= 11 is 3.60. The predicted octanol–water partition coefficient (Wildman–Crippen LogP) is 2.14. The second-order valence-corrected chi connectivity index (χ2v) is 5.14. The maximum Gasteiger partial charge on any atom is 0.0994 e. The van der Waals surface area contributed by atoms with Crippen molar-refractivity contribution in [3.8, 4) is 0 Å². The van der Waals surface area contributed by atoms with Crippen molar-refractivity contribution in [3.63, 3.8) is 0 Å². The third-order valence-corrected chi connectivity index (χ3v) is 3.54. The Bertz CT molecular complexity index is 377. The Labute approximate surface area is 104 Å². The minimum Gasteiger partial charge on any atom is -0.373 e. The Morgan fingerprint density at radius 1 is 1.19 bits per heavy atom. The summed E-state index contributed by atoms with van der Waals surface area (Å²) in [5.41, 5.74) is 2.57. The van der Waals surface area contributed by atoms with Gasteiger partial charge < -0.3 is 13.4 Å². The van der Waals surface area contributed by atoms with E-state index in [9.17, 15) is 0 Å². The number of nitrogens with zero attached hydrogens (tertiary/aromatic N) is 1. The summed E-state index contributed by atoms with van der Waals surface area (Å²) in [5.74, 6) is 0. The standard InChI is InChI=1S/C12H14BrNO2/c13-14(6-11-8-16-11)12-4-2-1-3-9(12)5-10-7-15-10/h1-4,10-11H,5-8H2. The Morgan fingerprint density at radius 2 is 1.88 bits per heavy atom. The predicted molar refractivity (Wildman–Crippen MR) is 65.9 cm³/mol. The van der Waals surface area contributed by atoms with Gasteiger partial charge in [-0.2, -0.15) is 0 Å². The molecule has 2 aliphatic rings. The smallest absolute Gasteiger partial charge is 0.0994 e. The fourth-order valence-electron chi connectivity index (χ4n) is 1.80. The molecule has 0 aliphatic carbocycles. The second kappa shape index (κ2) is 4.35. The highest BCUT2D eigenvalue weighted by molar-refractivity contribution is 9.10. The maximum atomic E-state index is 5.28. The van der Waals surface area contributed by atoms with E-state index in [1.165, 1.54) is 11.3 Å². The number of hydrogen-bond donors (Lipinski definition) is 0. The minimum absolute atomic E-state index is 0.393. The second-order valence-electron chi connectivity index (χ2n) is 4.29. The van der Waals surface area contributed by atoms with Gasteiger partial charge in [0, 0.05) is 22.6 Å². The van der Waals surface area contributed by atoms with Crippen molar-refractivity contribution in [1.82, 2.24) is 0 Å². The van der Waals surface area contributed by atoms with Crippen LogP contribution in [0.2, 0.25) is 0 Å². The number of para-hydroxylation sites is 1. The molecule has 4 heteroatoms. The molecule has 0 saturated carbocycles. The van der Waals surface area contributed by atoms with E-state index in [0.29, 0.717) is 12.2 Å². The molecule has 2 fully saturated rings. The largest absolute Gasteiger partial charge is 0.373 e. The van der Waals surface area contributed by atoms with Crippen molar-refractivity contribution < 1.29 is 9.47 Å². The van der Waals surface area contributed by atoms with Crippen LogP contribution in [-0.2, 0) is 15.9 Å². The number of halogens is 1. The van der Waals surface area contributed by atoms with E-state index >= 15 is 0 Å². The molecule has 2 unspecified atom stereocenters. The van der Waals surface area contributed by atoms with Crippen LogP contribution in [0.1, 0.15) is 5.56 Å². The molecule has 0 aromatic heterocycles. The van der Waals surface area contributed by atoms with Gasteiger partial charge in [-0.25, -0.2) is 0 Å². The van der Waals surface area contributed by atoms with Crippen molar-refractivity contribution in [2.45, 2.75) is 18.6 Å². The lowest BCUT2D eigenvalue weighted by Gasteiger charge is -2.18. The molecule has 0 radical (unpaired) electrons. The van der Waals surface area contributed by atoms with Gasteiger partial charge in [0.1, 0.15) is 0 Å². The van der Waals surface area contributed by atoms with Crippen molar-refractivity contribution in [2.24, 2.45) is 0 Å². The SMILES string of the molecule is BrN(CC1CO1)c1ccccc1CC1CO1. The first kappa shape index (κ1) is 10.6. The monoisotopic (exact) mass is 283 g/mol. The molecule has 3 rings (SSSR count). The fraction of sp³-hybridized carbons (Fsp3) is 0.500. The summed E-state index contributed by atoms with van der Waals surface area (Å²) in [6.07, 6.45) is 1.83. The van der Waals surface area contributed by atoms with Crippen LogP contribution in [0, 0.1) is 0 Å². The van der Waals surface area contributed by atoms with Gasteiger partial charge in [0.05, 0.1) is 37.7 Å². The first-order valence-corrected chi connectivity index (χ1v) is 6.28. The van der Waals surface area contributed by atoms with E-state index in [1.54, 1.807) is 0 Å². The van der Waals surface area contributed by atoms with Crippen LogP contribution in [0.25, 0.3) is 0 Å². The lowest BCUT2D eigenvalue weighted by atomic mass is 10.1.